The standard InChI is InChI=1S/C22H22O9/c1-29-11-4-2-10(3-5-11)13-9-30-21-12(17(13)25)6-7-14(24)16(21)22-20(28)19(27)18(26)15(8-23)31-22/h2-7,9,15,18-20,22-24,26-28H,8H2,1H3/t15-,18-,19+,20-,22+/m1/s1. The molecule has 0 radical (unpaired) electrons. The van der Waals surface area contributed by atoms with E-state index in [1.54, 1.807) is 24.3 Å². The van der Waals surface area contributed by atoms with Crippen LogP contribution in [-0.2, 0) is 4.74 Å². The molecule has 1 saturated heterocycles. The summed E-state index contributed by atoms with van der Waals surface area (Å²) in [6.07, 6.45) is -6.13. The van der Waals surface area contributed by atoms with Gasteiger partial charge in [0.1, 0.15) is 53.9 Å². The number of benzene rings is 2. The predicted molar refractivity (Wildman–Crippen MR) is 109 cm³/mol. The third-order valence-electron chi connectivity index (χ3n) is 5.53. The molecule has 1 aliphatic heterocycles. The van der Waals surface area contributed by atoms with Gasteiger partial charge in [-0.1, -0.05) is 12.1 Å². The van der Waals surface area contributed by atoms with Gasteiger partial charge in [-0.3, -0.25) is 4.79 Å². The number of aromatic hydroxyl groups is 1. The van der Waals surface area contributed by atoms with Gasteiger partial charge in [0.25, 0.3) is 0 Å². The fourth-order valence-electron chi connectivity index (χ4n) is 3.80. The van der Waals surface area contributed by atoms with E-state index >= 15 is 0 Å². The van der Waals surface area contributed by atoms with Crippen LogP contribution >= 0.6 is 0 Å². The van der Waals surface area contributed by atoms with Crippen molar-refractivity contribution in [1.29, 1.82) is 0 Å². The first-order valence-electron chi connectivity index (χ1n) is 9.59. The zero-order chi connectivity index (χ0) is 22.3. The average Bonchev–Trinajstić information content (AvgIpc) is 2.79. The van der Waals surface area contributed by atoms with Crippen LogP contribution in [0.15, 0.2) is 51.9 Å². The molecule has 1 fully saturated rings. The van der Waals surface area contributed by atoms with Crippen molar-refractivity contribution in [2.24, 2.45) is 0 Å². The quantitative estimate of drug-likeness (QED) is 0.403. The molecule has 5 N–H and O–H groups in total. The molecule has 0 saturated carbocycles. The first kappa shape index (κ1) is 21.3. The summed E-state index contributed by atoms with van der Waals surface area (Å²) in [4.78, 5) is 13.1. The van der Waals surface area contributed by atoms with Gasteiger partial charge in [0, 0.05) is 0 Å². The maximum atomic E-state index is 13.1. The second-order valence-electron chi connectivity index (χ2n) is 7.33. The van der Waals surface area contributed by atoms with Crippen molar-refractivity contribution in [2.75, 3.05) is 13.7 Å². The van der Waals surface area contributed by atoms with Gasteiger partial charge < -0.3 is 39.4 Å². The van der Waals surface area contributed by atoms with Crippen LogP contribution in [0.2, 0.25) is 0 Å². The maximum Gasteiger partial charge on any atom is 0.200 e. The van der Waals surface area contributed by atoms with Crippen LogP contribution in [0.5, 0.6) is 11.5 Å². The van der Waals surface area contributed by atoms with E-state index in [9.17, 15) is 30.3 Å². The number of aliphatic hydroxyl groups is 4. The monoisotopic (exact) mass is 430 g/mol. The fourth-order valence-corrected chi connectivity index (χ4v) is 3.80. The van der Waals surface area contributed by atoms with Gasteiger partial charge in [-0.2, -0.15) is 0 Å². The number of hydrogen-bond acceptors (Lipinski definition) is 9. The van der Waals surface area contributed by atoms with Gasteiger partial charge in [0.2, 0.25) is 5.43 Å². The Kier molecular flexibility index (Phi) is 5.69. The van der Waals surface area contributed by atoms with E-state index in [1.165, 1.54) is 25.5 Å². The summed E-state index contributed by atoms with van der Waals surface area (Å²) in [6.45, 7) is -0.626. The third kappa shape index (κ3) is 3.56. The summed E-state index contributed by atoms with van der Waals surface area (Å²) in [5, 5.41) is 50.6. The highest BCUT2D eigenvalue weighted by Gasteiger charge is 2.45. The zero-order valence-corrected chi connectivity index (χ0v) is 16.5. The topological polar surface area (TPSA) is 150 Å². The van der Waals surface area contributed by atoms with Crippen molar-refractivity contribution in [3.05, 3.63) is 58.4 Å². The number of hydrogen-bond donors (Lipinski definition) is 5. The first-order valence-corrected chi connectivity index (χ1v) is 9.59. The molecule has 0 bridgehead atoms. The second-order valence-corrected chi connectivity index (χ2v) is 7.33. The Hall–Kier alpha value is -2.95. The largest absolute Gasteiger partial charge is 0.507 e. The number of rotatable bonds is 4. The number of phenolic OH excluding ortho intramolecular Hbond substituents is 1. The predicted octanol–water partition coefficient (Wildman–Crippen LogP) is 0.689. The Morgan fingerprint density at radius 2 is 1.71 bits per heavy atom. The Morgan fingerprint density at radius 1 is 1.00 bits per heavy atom. The number of aliphatic hydroxyl groups excluding tert-OH is 4. The number of phenols is 1. The molecule has 1 aliphatic rings. The number of fused-ring (bicyclic) bond motifs is 1. The molecular weight excluding hydrogens is 408 g/mol. The molecule has 9 nitrogen and oxygen atoms in total. The minimum absolute atomic E-state index is 0.0356. The third-order valence-corrected chi connectivity index (χ3v) is 5.53. The van der Waals surface area contributed by atoms with Crippen molar-refractivity contribution >= 4 is 11.0 Å². The van der Waals surface area contributed by atoms with Crippen LogP contribution < -0.4 is 10.2 Å². The van der Waals surface area contributed by atoms with Crippen LogP contribution in [0.4, 0.5) is 0 Å². The van der Waals surface area contributed by atoms with E-state index in [0.717, 1.165) is 0 Å². The Labute approximate surface area is 176 Å². The summed E-state index contributed by atoms with van der Waals surface area (Å²) in [5.74, 6) is 0.293. The molecular formula is C22H22O9. The second kappa shape index (κ2) is 8.29. The lowest BCUT2D eigenvalue weighted by Gasteiger charge is -2.40. The first-order chi connectivity index (χ1) is 14.9. The van der Waals surface area contributed by atoms with Gasteiger partial charge in [-0.15, -0.1) is 0 Å². The summed E-state index contributed by atoms with van der Waals surface area (Å²) < 4.78 is 16.4. The van der Waals surface area contributed by atoms with Gasteiger partial charge in [-0.05, 0) is 29.8 Å². The molecule has 164 valence electrons. The minimum atomic E-state index is -1.64. The van der Waals surface area contributed by atoms with Crippen LogP contribution in [0.3, 0.4) is 0 Å². The van der Waals surface area contributed by atoms with E-state index in [-0.39, 0.29) is 33.3 Å². The van der Waals surface area contributed by atoms with E-state index in [2.05, 4.69) is 0 Å². The lowest BCUT2D eigenvalue weighted by molar-refractivity contribution is -0.231. The van der Waals surface area contributed by atoms with E-state index in [0.29, 0.717) is 11.3 Å². The lowest BCUT2D eigenvalue weighted by Crippen LogP contribution is -2.55. The summed E-state index contributed by atoms with van der Waals surface area (Å²) in [7, 11) is 1.53. The van der Waals surface area contributed by atoms with Crippen LogP contribution in [0, 0.1) is 0 Å². The van der Waals surface area contributed by atoms with Gasteiger partial charge >= 0.3 is 0 Å². The van der Waals surface area contributed by atoms with E-state index in [4.69, 9.17) is 13.9 Å². The molecule has 0 spiro atoms. The van der Waals surface area contributed by atoms with Crippen molar-refractivity contribution in [3.63, 3.8) is 0 Å². The van der Waals surface area contributed by atoms with E-state index < -0.39 is 37.1 Å². The molecule has 4 rings (SSSR count). The van der Waals surface area contributed by atoms with Gasteiger partial charge in [0.05, 0.1) is 30.2 Å². The van der Waals surface area contributed by atoms with Crippen LogP contribution in [-0.4, -0.2) is 63.7 Å². The smallest absolute Gasteiger partial charge is 0.200 e. The summed E-state index contributed by atoms with van der Waals surface area (Å²) in [5.41, 5.74) is 0.399. The van der Waals surface area contributed by atoms with E-state index in [1.807, 2.05) is 0 Å². The lowest BCUT2D eigenvalue weighted by atomic mass is 9.89. The number of ether oxygens (including phenoxy) is 2. The van der Waals surface area contributed by atoms with Crippen molar-refractivity contribution in [2.45, 2.75) is 30.5 Å². The zero-order valence-electron chi connectivity index (χ0n) is 16.5. The van der Waals surface area contributed by atoms with Gasteiger partial charge in [0.15, 0.2) is 0 Å². The summed E-state index contributed by atoms with van der Waals surface area (Å²) in [6, 6.07) is 9.46. The minimum Gasteiger partial charge on any atom is -0.507 e. The van der Waals surface area contributed by atoms with Crippen molar-refractivity contribution in [1.82, 2.24) is 0 Å². The molecule has 9 heteroatoms. The molecule has 1 aromatic heterocycles. The van der Waals surface area contributed by atoms with Crippen LogP contribution in [0.25, 0.3) is 22.1 Å². The van der Waals surface area contributed by atoms with Crippen LogP contribution in [0.1, 0.15) is 11.7 Å². The van der Waals surface area contributed by atoms with Crippen molar-refractivity contribution < 1.29 is 39.4 Å². The molecule has 2 aromatic carbocycles. The Morgan fingerprint density at radius 3 is 2.35 bits per heavy atom. The molecule has 0 amide bonds. The fraction of sp³-hybridized carbons (Fsp3) is 0.318. The van der Waals surface area contributed by atoms with Crippen molar-refractivity contribution in [3.8, 4) is 22.6 Å². The normalized spacial score (nSPS) is 26.2. The molecule has 3 aromatic rings. The number of methoxy groups -OCH3 is 1. The molecule has 31 heavy (non-hydrogen) atoms. The van der Waals surface area contributed by atoms with Gasteiger partial charge in [-0.25, -0.2) is 0 Å². The summed E-state index contributed by atoms with van der Waals surface area (Å²) >= 11 is 0. The highest BCUT2D eigenvalue weighted by molar-refractivity contribution is 5.86. The SMILES string of the molecule is COc1ccc(-c2coc3c([C@@H]4O[C@H](CO)[C@@H](O)[C@H](O)[C@H]4O)c(O)ccc3c2=O)cc1. The Bertz CT molecular complexity index is 1140. The highest BCUT2D eigenvalue weighted by atomic mass is 16.5. The molecule has 0 unspecified atom stereocenters. The molecule has 2 heterocycles. The Balaban J connectivity index is 1.84. The molecule has 0 aliphatic carbocycles. The molecule has 5 atom stereocenters. The maximum absolute atomic E-state index is 13.1. The highest BCUT2D eigenvalue weighted by Crippen LogP contribution is 2.40. The average molecular weight is 430 g/mol.